The summed E-state index contributed by atoms with van der Waals surface area (Å²) in [5.74, 6) is -0.0463. The molecule has 15 N–H and O–H groups in total. The smallest absolute Gasteiger partial charge is 0.246 e. The third-order valence-electron chi connectivity index (χ3n) is 18.7. The quantitative estimate of drug-likeness (QED) is 0.0581. The Morgan fingerprint density at radius 2 is 0.495 bits per heavy atom. The average Bonchev–Trinajstić information content (AvgIpc) is 1.68. The van der Waals surface area contributed by atoms with Crippen LogP contribution in [0.4, 0.5) is 28.4 Å². The molecule has 0 bridgehead atoms. The number of nitrogens with two attached hydrogens (primary N) is 5. The third kappa shape index (κ3) is 14.1. The SMILES string of the molecule is C=C1CCC(N2Cc3c(N)cccc3C2=S)C(=O)N1.C=C1CCC(N2Cc3c(N)cccc3C2=S)C(=O)N1.C=C1CCC(N2Cc3c(N)cccc3C2=S)C(=S)N1.C=C1CCC(N2Cc3c(N)cccc3C2=S)C(=S)N1.C=C1CCC(N2Cc3c(N)cccc3C2=S)C(=S)N1. The molecule has 0 aromatic heterocycles. The minimum Gasteiger partial charge on any atom is -0.398 e. The first-order valence-electron chi connectivity index (χ1n) is 31.2. The summed E-state index contributed by atoms with van der Waals surface area (Å²) in [7, 11) is 0. The molecule has 10 heterocycles. The second kappa shape index (κ2) is 28.7. The highest BCUT2D eigenvalue weighted by Gasteiger charge is 2.41. The van der Waals surface area contributed by atoms with Gasteiger partial charge in [0.1, 0.15) is 52.0 Å². The molecule has 5 saturated heterocycles. The standard InChI is InChI=1S/2C14H15N3OS.3C14H15N3S2/c5*1-8-5-6-12(13(18)16-8)17-7-10-9(14(17)19)3-2-4-11(10)15/h5*2-4,12H,1,5-7,15H2,(H,16,18). The van der Waals surface area contributed by atoms with Gasteiger partial charge < -0.3 is 79.8 Å². The van der Waals surface area contributed by atoms with E-state index in [4.69, 9.17) is 126 Å². The van der Waals surface area contributed by atoms with Crippen LogP contribution in [-0.4, -0.2) is 106 Å². The Kier molecular flexibility index (Phi) is 20.6. The molecule has 0 aliphatic carbocycles. The Balaban J connectivity index is 0.000000121. The van der Waals surface area contributed by atoms with Gasteiger partial charge in [0.2, 0.25) is 11.8 Å². The van der Waals surface area contributed by atoms with Gasteiger partial charge in [-0.25, -0.2) is 0 Å². The van der Waals surface area contributed by atoms with Crippen LogP contribution in [0.3, 0.4) is 0 Å². The molecule has 17 nitrogen and oxygen atoms in total. The van der Waals surface area contributed by atoms with E-state index in [2.05, 4.69) is 74.2 Å². The van der Waals surface area contributed by atoms with E-state index in [9.17, 15) is 9.59 Å². The van der Waals surface area contributed by atoms with Gasteiger partial charge in [-0.2, -0.15) is 0 Å². The van der Waals surface area contributed by atoms with Crippen molar-refractivity contribution in [2.75, 3.05) is 28.7 Å². The van der Waals surface area contributed by atoms with Crippen molar-refractivity contribution in [1.29, 1.82) is 0 Å². The fraction of sp³-hybridized carbons (Fsp3) is 0.286. The number of hydrogen-bond donors (Lipinski definition) is 10. The lowest BCUT2D eigenvalue weighted by Gasteiger charge is -2.34. The summed E-state index contributed by atoms with van der Waals surface area (Å²) in [6.45, 7) is 22.9. The minimum absolute atomic E-state index is 0.0232. The van der Waals surface area contributed by atoms with Crippen LogP contribution in [0.5, 0.6) is 0 Å². The molecule has 2 amide bonds. The van der Waals surface area contributed by atoms with Gasteiger partial charge in [-0.15, -0.1) is 0 Å². The highest BCUT2D eigenvalue weighted by Crippen LogP contribution is 2.38. The molecule has 25 heteroatoms. The fourth-order valence-electron chi connectivity index (χ4n) is 13.4. The lowest BCUT2D eigenvalue weighted by atomic mass is 10.0. The van der Waals surface area contributed by atoms with Crippen LogP contribution in [0, 0.1) is 0 Å². The molecule has 5 aromatic carbocycles. The van der Waals surface area contributed by atoms with E-state index in [-0.39, 0.29) is 42.0 Å². The number of nitrogens with zero attached hydrogens (tertiary/aromatic N) is 5. The lowest BCUT2D eigenvalue weighted by Crippen LogP contribution is -2.49. The summed E-state index contributed by atoms with van der Waals surface area (Å²) in [4.78, 5) is 41.0. The summed E-state index contributed by atoms with van der Waals surface area (Å²) in [5, 5.41) is 15.1. The van der Waals surface area contributed by atoms with Crippen LogP contribution in [0.25, 0.3) is 0 Å². The van der Waals surface area contributed by atoms with Crippen molar-refractivity contribution in [2.45, 2.75) is 127 Å². The van der Waals surface area contributed by atoms with E-state index in [0.717, 1.165) is 236 Å². The maximum absolute atomic E-state index is 12.1. The molecule has 0 saturated carbocycles. The predicted molar refractivity (Wildman–Crippen MR) is 415 cm³/mol. The topological polar surface area (TPSA) is 241 Å². The molecule has 5 unspecified atom stereocenters. The number of anilines is 5. The van der Waals surface area contributed by atoms with Gasteiger partial charge in [-0.3, -0.25) is 9.59 Å². The van der Waals surface area contributed by atoms with Crippen molar-refractivity contribution < 1.29 is 9.59 Å². The van der Waals surface area contributed by atoms with Crippen molar-refractivity contribution in [3.05, 3.63) is 208 Å². The number of hydrogen-bond acceptors (Lipinski definition) is 15. The molecule has 490 valence electrons. The summed E-state index contributed by atoms with van der Waals surface area (Å²) in [6, 6.07) is 29.2. The van der Waals surface area contributed by atoms with Crippen molar-refractivity contribution in [3.63, 3.8) is 0 Å². The third-order valence-corrected chi connectivity index (χ3v) is 22.0. The van der Waals surface area contributed by atoms with Gasteiger partial charge in [0.05, 0.1) is 18.1 Å². The van der Waals surface area contributed by atoms with Crippen LogP contribution < -0.4 is 55.3 Å². The second-order valence-electron chi connectivity index (χ2n) is 24.8. The van der Waals surface area contributed by atoms with E-state index >= 15 is 0 Å². The number of carbonyl (C=O) groups excluding carboxylic acids is 2. The van der Waals surface area contributed by atoms with Gasteiger partial charge >= 0.3 is 0 Å². The molecule has 5 aromatic rings. The monoisotopic (exact) mass is 1410 g/mol. The number of nitrogen functional groups attached to an aromatic ring is 5. The van der Waals surface area contributed by atoms with Crippen molar-refractivity contribution >= 4 is 178 Å². The Morgan fingerprint density at radius 3 is 0.684 bits per heavy atom. The molecule has 95 heavy (non-hydrogen) atoms. The molecule has 10 aliphatic rings. The van der Waals surface area contributed by atoms with Crippen LogP contribution >= 0.6 is 97.7 Å². The molecule has 0 spiro atoms. The molecule has 10 aliphatic heterocycles. The zero-order chi connectivity index (χ0) is 67.8. The number of nitrogens with one attached hydrogen (secondary N) is 5. The first-order valence-corrected chi connectivity index (χ1v) is 34.5. The van der Waals surface area contributed by atoms with Crippen molar-refractivity contribution in [2.24, 2.45) is 0 Å². The highest BCUT2D eigenvalue weighted by atomic mass is 32.1. The minimum atomic E-state index is -0.218. The van der Waals surface area contributed by atoms with Crippen molar-refractivity contribution in [1.82, 2.24) is 51.1 Å². The Hall–Kier alpha value is -8.14. The maximum Gasteiger partial charge on any atom is 0.246 e. The Labute approximate surface area is 597 Å². The zero-order valence-electron chi connectivity index (χ0n) is 52.4. The number of benzene rings is 5. The number of fused-ring (bicyclic) bond motifs is 5. The number of carbonyl (C=O) groups is 2. The van der Waals surface area contributed by atoms with Crippen LogP contribution in [-0.2, 0) is 42.3 Å². The van der Waals surface area contributed by atoms with E-state index in [0.29, 0.717) is 13.1 Å². The van der Waals surface area contributed by atoms with Crippen LogP contribution in [0.15, 0.2) is 152 Å². The first-order chi connectivity index (χ1) is 45.4. The summed E-state index contributed by atoms with van der Waals surface area (Å²) < 4.78 is 0. The number of allylic oxidation sites excluding steroid dienone is 5. The molecule has 5 atom stereocenters. The van der Waals surface area contributed by atoms with Gasteiger partial charge in [0, 0.05) is 145 Å². The molecular formula is C70H75N15O2S8. The Morgan fingerprint density at radius 1 is 0.305 bits per heavy atom. The molecule has 15 rings (SSSR count). The second-order valence-corrected chi connectivity index (χ2v) is 28.0. The van der Waals surface area contributed by atoms with Gasteiger partial charge in [-0.05, 0) is 94.5 Å². The van der Waals surface area contributed by atoms with Gasteiger partial charge in [-0.1, -0.05) is 191 Å². The van der Waals surface area contributed by atoms with Crippen LogP contribution in [0.2, 0.25) is 0 Å². The molecule has 0 radical (unpaired) electrons. The van der Waals surface area contributed by atoms with E-state index in [1.165, 1.54) is 0 Å². The molecule has 5 fully saturated rings. The predicted octanol–water partition coefficient (Wildman–Crippen LogP) is 10.2. The van der Waals surface area contributed by atoms with Gasteiger partial charge in [0.15, 0.2) is 0 Å². The van der Waals surface area contributed by atoms with Gasteiger partial charge in [0.25, 0.3) is 0 Å². The van der Waals surface area contributed by atoms with Crippen molar-refractivity contribution in [3.8, 4) is 0 Å². The number of piperidine rings is 5. The number of thiocarbonyl (C=S) groups is 8. The Bertz CT molecular complexity index is 3590. The van der Waals surface area contributed by atoms with E-state index in [1.54, 1.807) is 0 Å². The largest absolute Gasteiger partial charge is 0.398 e. The first kappa shape index (κ1) is 68.3. The van der Waals surface area contributed by atoms with E-state index in [1.807, 2.05) is 101 Å². The summed E-state index contributed by atoms with van der Waals surface area (Å²) in [5.41, 5.74) is 49.1. The number of rotatable bonds is 5. The van der Waals surface area contributed by atoms with Crippen LogP contribution in [0.1, 0.15) is 120 Å². The average molecular weight is 1420 g/mol. The number of amides is 2. The lowest BCUT2D eigenvalue weighted by molar-refractivity contribution is -0.126. The summed E-state index contributed by atoms with van der Waals surface area (Å²) >= 11 is 44.0. The maximum atomic E-state index is 12.1. The van der Waals surface area contributed by atoms with E-state index < -0.39 is 0 Å². The summed E-state index contributed by atoms with van der Waals surface area (Å²) in [6.07, 6.45) is 8.73. The molecular weight excluding hydrogens is 1340 g/mol. The normalized spacial score (nSPS) is 22.4. The fourth-order valence-corrected chi connectivity index (χ4v) is 16.5. The zero-order valence-corrected chi connectivity index (χ0v) is 58.9. The highest BCUT2D eigenvalue weighted by molar-refractivity contribution is 7.82.